The second-order valence-corrected chi connectivity index (χ2v) is 7.47. The first-order valence-electron chi connectivity index (χ1n) is 6.30. The second kappa shape index (κ2) is 5.81. The number of benzene rings is 1. The predicted octanol–water partition coefficient (Wildman–Crippen LogP) is 2.92. The van der Waals surface area contributed by atoms with Crippen LogP contribution in [0.5, 0.6) is 5.75 Å². The number of hydrogen-bond donors (Lipinski definition) is 1. The molecule has 1 fully saturated rings. The van der Waals surface area contributed by atoms with Gasteiger partial charge in [-0.25, -0.2) is 13.1 Å². The first kappa shape index (κ1) is 14.8. The van der Waals surface area contributed by atoms with Crippen molar-refractivity contribution in [2.45, 2.75) is 37.1 Å². The first-order chi connectivity index (χ1) is 8.94. The van der Waals surface area contributed by atoms with Gasteiger partial charge in [-0.1, -0.05) is 6.42 Å². The minimum absolute atomic E-state index is 0.0142. The summed E-state index contributed by atoms with van der Waals surface area (Å²) in [4.78, 5) is 0.256. The van der Waals surface area contributed by atoms with Gasteiger partial charge in [-0.2, -0.15) is 0 Å². The molecule has 4 nitrogen and oxygen atoms in total. The molecule has 0 bridgehead atoms. The number of sulfonamides is 1. The van der Waals surface area contributed by atoms with Gasteiger partial charge >= 0.3 is 0 Å². The van der Waals surface area contributed by atoms with E-state index in [9.17, 15) is 8.42 Å². The molecule has 1 aromatic rings. The maximum atomic E-state index is 12.3. The van der Waals surface area contributed by atoms with Gasteiger partial charge in [0.25, 0.3) is 0 Å². The van der Waals surface area contributed by atoms with Gasteiger partial charge in [0.15, 0.2) is 0 Å². The Kier molecular flexibility index (Phi) is 4.53. The van der Waals surface area contributed by atoms with Crippen molar-refractivity contribution in [1.29, 1.82) is 0 Å². The molecule has 0 saturated heterocycles. The van der Waals surface area contributed by atoms with Crippen LogP contribution >= 0.6 is 15.9 Å². The molecule has 0 spiro atoms. The minimum Gasteiger partial charge on any atom is -0.496 e. The van der Waals surface area contributed by atoms with Gasteiger partial charge in [-0.3, -0.25) is 0 Å². The predicted molar refractivity (Wildman–Crippen MR) is 77.8 cm³/mol. The normalized spacial score (nSPS) is 17.8. The molecule has 0 amide bonds. The molecular weight excluding hydrogens is 330 g/mol. The van der Waals surface area contributed by atoms with E-state index in [-0.39, 0.29) is 10.9 Å². The Balaban J connectivity index is 2.16. The van der Waals surface area contributed by atoms with Crippen molar-refractivity contribution < 1.29 is 13.2 Å². The van der Waals surface area contributed by atoms with E-state index < -0.39 is 10.0 Å². The molecule has 6 heteroatoms. The van der Waals surface area contributed by atoms with Crippen LogP contribution in [-0.4, -0.2) is 21.6 Å². The number of ether oxygens (including phenoxy) is 1. The van der Waals surface area contributed by atoms with E-state index in [1.54, 1.807) is 25.3 Å². The Morgan fingerprint density at radius 2 is 2.11 bits per heavy atom. The van der Waals surface area contributed by atoms with E-state index in [4.69, 9.17) is 4.74 Å². The Hall–Kier alpha value is -0.590. The van der Waals surface area contributed by atoms with E-state index in [1.165, 1.54) is 6.42 Å². The SMILES string of the molecule is COc1ccc(S(=O)(=O)NC(C)C2CCC2)cc1Br. The van der Waals surface area contributed by atoms with E-state index in [0.717, 1.165) is 12.8 Å². The zero-order chi connectivity index (χ0) is 14.0. The molecule has 1 saturated carbocycles. The molecule has 1 unspecified atom stereocenters. The summed E-state index contributed by atoms with van der Waals surface area (Å²) in [6.07, 6.45) is 3.41. The molecule has 1 aromatic carbocycles. The highest BCUT2D eigenvalue weighted by Gasteiger charge is 2.28. The van der Waals surface area contributed by atoms with Gasteiger partial charge in [-0.05, 0) is 59.8 Å². The fraction of sp³-hybridized carbons (Fsp3) is 0.538. The fourth-order valence-corrected chi connectivity index (χ4v) is 4.19. The van der Waals surface area contributed by atoms with Crippen LogP contribution in [0.4, 0.5) is 0 Å². The summed E-state index contributed by atoms with van der Waals surface area (Å²) in [5.41, 5.74) is 0. The largest absolute Gasteiger partial charge is 0.496 e. The maximum absolute atomic E-state index is 12.3. The van der Waals surface area contributed by atoms with E-state index in [2.05, 4.69) is 20.7 Å². The van der Waals surface area contributed by atoms with Gasteiger partial charge in [0.05, 0.1) is 16.5 Å². The zero-order valence-corrected chi connectivity index (χ0v) is 13.4. The van der Waals surface area contributed by atoms with Crippen molar-refractivity contribution >= 4 is 26.0 Å². The molecule has 19 heavy (non-hydrogen) atoms. The van der Waals surface area contributed by atoms with Gasteiger partial charge in [-0.15, -0.1) is 0 Å². The molecule has 1 aliphatic carbocycles. The topological polar surface area (TPSA) is 55.4 Å². The fourth-order valence-electron chi connectivity index (χ4n) is 2.16. The quantitative estimate of drug-likeness (QED) is 0.890. The molecule has 0 radical (unpaired) electrons. The molecule has 0 heterocycles. The van der Waals surface area contributed by atoms with Crippen molar-refractivity contribution in [3.05, 3.63) is 22.7 Å². The van der Waals surface area contributed by atoms with Crippen LogP contribution in [0.15, 0.2) is 27.6 Å². The van der Waals surface area contributed by atoms with Crippen molar-refractivity contribution in [3.63, 3.8) is 0 Å². The number of methoxy groups -OCH3 is 1. The van der Waals surface area contributed by atoms with Crippen molar-refractivity contribution in [2.24, 2.45) is 5.92 Å². The third kappa shape index (κ3) is 3.30. The van der Waals surface area contributed by atoms with Crippen molar-refractivity contribution in [2.75, 3.05) is 7.11 Å². The Bertz CT molecular complexity index is 555. The van der Waals surface area contributed by atoms with E-state index >= 15 is 0 Å². The summed E-state index contributed by atoms with van der Waals surface area (Å²) in [6.45, 7) is 1.93. The highest BCUT2D eigenvalue weighted by Crippen LogP contribution is 2.31. The summed E-state index contributed by atoms with van der Waals surface area (Å²) in [7, 11) is -1.92. The smallest absolute Gasteiger partial charge is 0.240 e. The lowest BCUT2D eigenvalue weighted by molar-refractivity contribution is 0.260. The van der Waals surface area contributed by atoms with Crippen LogP contribution in [0.3, 0.4) is 0 Å². The lowest BCUT2D eigenvalue weighted by Gasteiger charge is -2.31. The molecular formula is C13H18BrNO3S. The summed E-state index contributed by atoms with van der Waals surface area (Å²) in [6, 6.07) is 4.75. The number of rotatable bonds is 5. The third-order valence-corrected chi connectivity index (χ3v) is 5.81. The lowest BCUT2D eigenvalue weighted by atomic mass is 9.81. The first-order valence-corrected chi connectivity index (χ1v) is 8.57. The monoisotopic (exact) mass is 347 g/mol. The number of hydrogen-bond acceptors (Lipinski definition) is 3. The third-order valence-electron chi connectivity index (χ3n) is 3.63. The molecule has 106 valence electrons. The molecule has 1 N–H and O–H groups in total. The highest BCUT2D eigenvalue weighted by molar-refractivity contribution is 9.10. The summed E-state index contributed by atoms with van der Waals surface area (Å²) >= 11 is 3.30. The molecule has 2 rings (SSSR count). The van der Waals surface area contributed by atoms with Crippen molar-refractivity contribution in [3.8, 4) is 5.75 Å². The molecule has 0 aliphatic heterocycles. The maximum Gasteiger partial charge on any atom is 0.240 e. The van der Waals surface area contributed by atoms with Gasteiger partial charge < -0.3 is 4.74 Å². The van der Waals surface area contributed by atoms with Crippen LogP contribution in [0.1, 0.15) is 26.2 Å². The Labute approximate surface area is 122 Å². The highest BCUT2D eigenvalue weighted by atomic mass is 79.9. The lowest BCUT2D eigenvalue weighted by Crippen LogP contribution is -2.40. The van der Waals surface area contributed by atoms with Crippen LogP contribution < -0.4 is 9.46 Å². The zero-order valence-electron chi connectivity index (χ0n) is 11.0. The summed E-state index contributed by atoms with van der Waals surface area (Å²) in [5.74, 6) is 1.09. The van der Waals surface area contributed by atoms with Gasteiger partial charge in [0.1, 0.15) is 5.75 Å². The molecule has 0 aromatic heterocycles. The van der Waals surface area contributed by atoms with Crippen LogP contribution in [0.25, 0.3) is 0 Å². The van der Waals surface area contributed by atoms with Crippen LogP contribution in [-0.2, 0) is 10.0 Å². The van der Waals surface area contributed by atoms with Gasteiger partial charge in [0.2, 0.25) is 10.0 Å². The van der Waals surface area contributed by atoms with Crippen LogP contribution in [0.2, 0.25) is 0 Å². The average Bonchev–Trinajstić information content (AvgIpc) is 2.25. The second-order valence-electron chi connectivity index (χ2n) is 4.90. The minimum atomic E-state index is -3.46. The average molecular weight is 348 g/mol. The van der Waals surface area contributed by atoms with Crippen molar-refractivity contribution in [1.82, 2.24) is 4.72 Å². The Morgan fingerprint density at radius 3 is 2.58 bits per heavy atom. The number of halogens is 1. The van der Waals surface area contributed by atoms with E-state index in [1.807, 2.05) is 6.92 Å². The number of nitrogens with one attached hydrogen (secondary N) is 1. The Morgan fingerprint density at radius 1 is 1.42 bits per heavy atom. The van der Waals surface area contributed by atoms with Gasteiger partial charge in [0, 0.05) is 6.04 Å². The van der Waals surface area contributed by atoms with E-state index in [0.29, 0.717) is 16.1 Å². The standard InChI is InChI=1S/C13H18BrNO3S/c1-9(10-4-3-5-10)15-19(16,17)11-6-7-13(18-2)12(14)8-11/h6-10,15H,3-5H2,1-2H3. The molecule has 1 atom stereocenters. The van der Waals surface area contributed by atoms with Crippen LogP contribution in [0, 0.1) is 5.92 Å². The molecule has 1 aliphatic rings. The summed E-state index contributed by atoms with van der Waals surface area (Å²) in [5, 5.41) is 0. The summed E-state index contributed by atoms with van der Waals surface area (Å²) < 4.78 is 33.0.